The summed E-state index contributed by atoms with van der Waals surface area (Å²) in [6.45, 7) is 2.53. The van der Waals surface area contributed by atoms with Crippen LogP contribution < -0.4 is 20.1 Å². The van der Waals surface area contributed by atoms with Gasteiger partial charge in [0.1, 0.15) is 11.5 Å². The number of methoxy groups -OCH3 is 2. The first-order valence-electron chi connectivity index (χ1n) is 10.5. The third-order valence-corrected chi connectivity index (χ3v) is 5.67. The maximum Gasteiger partial charge on any atom is 0.401 e. The van der Waals surface area contributed by atoms with Gasteiger partial charge in [0.05, 0.1) is 20.8 Å². The molecule has 1 aromatic rings. The highest BCUT2D eigenvalue weighted by molar-refractivity contribution is 14.0. The van der Waals surface area contributed by atoms with Crippen LogP contribution in [-0.4, -0.2) is 88.0 Å². The Labute approximate surface area is 204 Å². The number of hydrogen-bond donors (Lipinski definition) is 2. The van der Waals surface area contributed by atoms with E-state index in [0.717, 1.165) is 43.1 Å². The van der Waals surface area contributed by atoms with Gasteiger partial charge in [0.25, 0.3) is 0 Å². The second kappa shape index (κ2) is 12.1. The Balaban J connectivity index is 0.00000363. The van der Waals surface area contributed by atoms with E-state index in [1.165, 1.54) is 4.90 Å². The number of alkyl halides is 3. The van der Waals surface area contributed by atoms with E-state index in [0.29, 0.717) is 25.5 Å². The normalized spacial score (nSPS) is 22.5. The first kappa shape index (κ1) is 26.8. The zero-order valence-corrected chi connectivity index (χ0v) is 21.1. The fraction of sp³-hybridized carbons (Fsp3) is 0.667. The number of nitrogens with zero attached hydrogens (tertiary/aromatic N) is 3. The van der Waals surface area contributed by atoms with Crippen molar-refractivity contribution in [2.24, 2.45) is 4.99 Å². The minimum Gasteiger partial charge on any atom is -0.497 e. The highest BCUT2D eigenvalue weighted by Gasteiger charge is 2.34. The summed E-state index contributed by atoms with van der Waals surface area (Å²) in [5.41, 5.74) is 1.12. The molecule has 2 heterocycles. The van der Waals surface area contributed by atoms with E-state index in [1.807, 2.05) is 18.2 Å². The average molecular weight is 571 g/mol. The van der Waals surface area contributed by atoms with E-state index in [9.17, 15) is 13.2 Å². The van der Waals surface area contributed by atoms with Crippen LogP contribution in [0, 0.1) is 0 Å². The molecule has 0 radical (unpaired) electrons. The number of guanidine groups is 1. The van der Waals surface area contributed by atoms with Crippen molar-refractivity contribution >= 4 is 29.9 Å². The standard InChI is InChI=1S/C21H32F3N5O2.HI/c1-25-20(27-17-5-7-29(13-17)14-21(22,23)24)26-16-4-6-28(12-16)11-15-8-18(30-2)10-19(9-15)31-3;/h8-10,16-17H,4-7,11-14H2,1-3H3,(H2,25,26,27);1H. The third kappa shape index (κ3) is 8.14. The summed E-state index contributed by atoms with van der Waals surface area (Å²) in [7, 11) is 4.96. The predicted octanol–water partition coefficient (Wildman–Crippen LogP) is 2.70. The molecule has 2 N–H and O–H groups in total. The largest absolute Gasteiger partial charge is 0.497 e. The Bertz CT molecular complexity index is 743. The molecule has 2 unspecified atom stereocenters. The first-order valence-corrected chi connectivity index (χ1v) is 10.5. The van der Waals surface area contributed by atoms with E-state index in [4.69, 9.17) is 9.47 Å². The quantitative estimate of drug-likeness (QED) is 0.299. The summed E-state index contributed by atoms with van der Waals surface area (Å²) in [4.78, 5) is 8.05. The Hall–Kier alpha value is -1.47. The molecule has 1 aromatic carbocycles. The SMILES string of the molecule is CN=C(NC1CCN(Cc2cc(OC)cc(OC)c2)C1)NC1CCN(CC(F)(F)F)C1.I. The average Bonchev–Trinajstić information content (AvgIpc) is 3.34. The van der Waals surface area contributed by atoms with Crippen LogP contribution in [0.5, 0.6) is 11.5 Å². The van der Waals surface area contributed by atoms with Gasteiger partial charge in [-0.15, -0.1) is 24.0 Å². The maximum absolute atomic E-state index is 12.6. The lowest BCUT2D eigenvalue weighted by atomic mass is 10.2. The molecule has 3 rings (SSSR count). The van der Waals surface area contributed by atoms with E-state index in [2.05, 4.69) is 20.5 Å². The molecule has 2 aliphatic heterocycles. The molecule has 2 aliphatic rings. The number of rotatable bonds is 7. The molecule has 7 nitrogen and oxygen atoms in total. The predicted molar refractivity (Wildman–Crippen MR) is 129 cm³/mol. The molecule has 2 atom stereocenters. The summed E-state index contributed by atoms with van der Waals surface area (Å²) < 4.78 is 48.5. The lowest BCUT2D eigenvalue weighted by Gasteiger charge is -2.22. The molecule has 32 heavy (non-hydrogen) atoms. The monoisotopic (exact) mass is 571 g/mol. The van der Waals surface area contributed by atoms with Crippen LogP contribution in [0.3, 0.4) is 0 Å². The minimum atomic E-state index is -4.16. The summed E-state index contributed by atoms with van der Waals surface area (Å²) >= 11 is 0. The van der Waals surface area contributed by atoms with Gasteiger partial charge in [-0.05, 0) is 30.5 Å². The highest BCUT2D eigenvalue weighted by Crippen LogP contribution is 2.24. The molecular weight excluding hydrogens is 538 g/mol. The second-order valence-corrected chi connectivity index (χ2v) is 8.14. The Morgan fingerprint density at radius 1 is 1.00 bits per heavy atom. The van der Waals surface area contributed by atoms with Gasteiger partial charge >= 0.3 is 6.18 Å². The fourth-order valence-corrected chi connectivity index (χ4v) is 4.22. The van der Waals surface area contributed by atoms with Crippen LogP contribution in [0.2, 0.25) is 0 Å². The van der Waals surface area contributed by atoms with Crippen molar-refractivity contribution in [3.8, 4) is 11.5 Å². The maximum atomic E-state index is 12.6. The van der Waals surface area contributed by atoms with Crippen LogP contribution in [0.15, 0.2) is 23.2 Å². The van der Waals surface area contributed by atoms with Crippen molar-refractivity contribution in [3.63, 3.8) is 0 Å². The van der Waals surface area contributed by atoms with E-state index < -0.39 is 12.7 Å². The van der Waals surface area contributed by atoms with Crippen molar-refractivity contribution in [1.29, 1.82) is 0 Å². The topological polar surface area (TPSA) is 61.4 Å². The van der Waals surface area contributed by atoms with Crippen LogP contribution in [0.25, 0.3) is 0 Å². The number of hydrogen-bond acceptors (Lipinski definition) is 5. The molecule has 0 saturated carbocycles. The van der Waals surface area contributed by atoms with Gasteiger partial charge in [-0.25, -0.2) is 0 Å². The zero-order chi connectivity index (χ0) is 22.4. The second-order valence-electron chi connectivity index (χ2n) is 8.14. The van der Waals surface area contributed by atoms with Crippen LogP contribution >= 0.6 is 24.0 Å². The van der Waals surface area contributed by atoms with Gasteiger partial charge in [0.15, 0.2) is 5.96 Å². The van der Waals surface area contributed by atoms with Crippen LogP contribution in [0.1, 0.15) is 18.4 Å². The summed E-state index contributed by atoms with van der Waals surface area (Å²) in [6, 6.07) is 6.07. The number of ether oxygens (including phenoxy) is 2. The molecule has 0 aliphatic carbocycles. The lowest BCUT2D eigenvalue weighted by Crippen LogP contribution is -2.49. The Kier molecular flexibility index (Phi) is 10.1. The summed E-state index contributed by atoms with van der Waals surface area (Å²) in [5, 5.41) is 6.70. The van der Waals surface area contributed by atoms with Gasteiger partial charge in [0, 0.05) is 57.9 Å². The van der Waals surface area contributed by atoms with Gasteiger partial charge in [-0.3, -0.25) is 14.8 Å². The first-order chi connectivity index (χ1) is 14.8. The lowest BCUT2D eigenvalue weighted by molar-refractivity contribution is -0.143. The molecule has 0 spiro atoms. The van der Waals surface area contributed by atoms with Crippen molar-refractivity contribution in [2.45, 2.75) is 37.6 Å². The number of nitrogens with one attached hydrogen (secondary N) is 2. The Morgan fingerprint density at radius 2 is 1.53 bits per heavy atom. The smallest absolute Gasteiger partial charge is 0.401 e. The van der Waals surface area contributed by atoms with Gasteiger partial charge in [-0.1, -0.05) is 0 Å². The number of benzene rings is 1. The number of halogens is 4. The van der Waals surface area contributed by atoms with Crippen molar-refractivity contribution < 1.29 is 22.6 Å². The van der Waals surface area contributed by atoms with Crippen molar-refractivity contribution in [2.75, 3.05) is 54.0 Å². The number of aliphatic imine (C=N–C) groups is 1. The molecule has 2 fully saturated rings. The number of likely N-dealkylation sites (tertiary alicyclic amines) is 2. The van der Waals surface area contributed by atoms with Crippen LogP contribution in [0.4, 0.5) is 13.2 Å². The molecule has 11 heteroatoms. The zero-order valence-electron chi connectivity index (χ0n) is 18.7. The van der Waals surface area contributed by atoms with Crippen LogP contribution in [-0.2, 0) is 6.54 Å². The molecule has 182 valence electrons. The molecule has 0 bridgehead atoms. The van der Waals surface area contributed by atoms with Gasteiger partial charge in [0.2, 0.25) is 0 Å². The molecule has 0 aromatic heterocycles. The van der Waals surface area contributed by atoms with E-state index in [1.54, 1.807) is 21.3 Å². The molecule has 2 saturated heterocycles. The summed E-state index contributed by atoms with van der Waals surface area (Å²) in [6.07, 6.45) is -2.52. The van der Waals surface area contributed by atoms with E-state index in [-0.39, 0.29) is 36.1 Å². The summed E-state index contributed by atoms with van der Waals surface area (Å²) in [5.74, 6) is 2.18. The molecular formula is C21H33F3IN5O2. The van der Waals surface area contributed by atoms with Crippen molar-refractivity contribution in [1.82, 2.24) is 20.4 Å². The molecule has 0 amide bonds. The van der Waals surface area contributed by atoms with Crippen molar-refractivity contribution in [3.05, 3.63) is 23.8 Å². The Morgan fingerprint density at radius 3 is 2.03 bits per heavy atom. The third-order valence-electron chi connectivity index (χ3n) is 5.67. The highest BCUT2D eigenvalue weighted by atomic mass is 127. The van der Waals surface area contributed by atoms with Gasteiger partial charge < -0.3 is 20.1 Å². The van der Waals surface area contributed by atoms with Gasteiger partial charge in [-0.2, -0.15) is 13.2 Å². The fourth-order valence-electron chi connectivity index (χ4n) is 4.22. The van der Waals surface area contributed by atoms with E-state index >= 15 is 0 Å². The minimum absolute atomic E-state index is 0.